The summed E-state index contributed by atoms with van der Waals surface area (Å²) in [4.78, 5) is 13.3. The third-order valence-corrected chi connectivity index (χ3v) is 7.19. The van der Waals surface area contributed by atoms with E-state index in [0.29, 0.717) is 31.7 Å². The zero-order valence-corrected chi connectivity index (χ0v) is 16.6. The minimum absolute atomic E-state index is 0.0206. The number of rotatable bonds is 6. The minimum atomic E-state index is -3.53. The molecule has 0 aliphatic carbocycles. The van der Waals surface area contributed by atoms with Gasteiger partial charge in [-0.1, -0.05) is 6.07 Å². The Balaban J connectivity index is 1.53. The predicted octanol–water partition coefficient (Wildman–Crippen LogP) is 2.74. The van der Waals surface area contributed by atoms with Gasteiger partial charge in [0, 0.05) is 30.1 Å². The van der Waals surface area contributed by atoms with Crippen molar-refractivity contribution in [2.45, 2.75) is 23.8 Å². The van der Waals surface area contributed by atoms with Crippen molar-refractivity contribution in [2.24, 2.45) is 0 Å². The first-order valence-corrected chi connectivity index (χ1v) is 11.0. The number of carbonyl (C=O) groups is 1. The van der Waals surface area contributed by atoms with Gasteiger partial charge in [0.05, 0.1) is 12.0 Å². The first-order valence-electron chi connectivity index (χ1n) is 8.65. The molecule has 1 amide bonds. The number of amides is 1. The second kappa shape index (κ2) is 8.69. The number of carbonyl (C=O) groups excluding carboxylic acids is 1. The van der Waals surface area contributed by atoms with Crippen molar-refractivity contribution < 1.29 is 17.9 Å². The van der Waals surface area contributed by atoms with Gasteiger partial charge in [-0.15, -0.1) is 11.3 Å². The average molecular weight is 407 g/mol. The van der Waals surface area contributed by atoms with Crippen molar-refractivity contribution in [3.8, 4) is 5.75 Å². The van der Waals surface area contributed by atoms with Crippen LogP contribution in [-0.2, 0) is 14.8 Å². The highest BCUT2D eigenvalue weighted by Crippen LogP contribution is 2.23. The molecule has 1 aliphatic heterocycles. The molecule has 8 heteroatoms. The Hall–Kier alpha value is -2.16. The summed E-state index contributed by atoms with van der Waals surface area (Å²) in [5.74, 6) is 0.464. The quantitative estimate of drug-likeness (QED) is 0.749. The summed E-state index contributed by atoms with van der Waals surface area (Å²) in [5.41, 5.74) is 0. The molecule has 0 unspecified atom stereocenters. The van der Waals surface area contributed by atoms with Crippen LogP contribution in [0.4, 0.5) is 0 Å². The molecule has 1 N–H and O–H groups in total. The van der Waals surface area contributed by atoms with Crippen LogP contribution in [0.5, 0.6) is 5.75 Å². The molecule has 1 saturated heterocycles. The van der Waals surface area contributed by atoms with Gasteiger partial charge in [0.25, 0.3) is 0 Å². The second-order valence-corrected chi connectivity index (χ2v) is 9.13. The Morgan fingerprint density at radius 1 is 1.22 bits per heavy atom. The van der Waals surface area contributed by atoms with Gasteiger partial charge in [0.15, 0.2) is 0 Å². The Kier molecular flexibility index (Phi) is 6.30. The number of ether oxygens (including phenoxy) is 1. The van der Waals surface area contributed by atoms with Crippen molar-refractivity contribution in [1.29, 1.82) is 0 Å². The molecule has 2 heterocycles. The van der Waals surface area contributed by atoms with Gasteiger partial charge in [-0.25, -0.2) is 8.42 Å². The van der Waals surface area contributed by atoms with Gasteiger partial charge in [-0.05, 0) is 54.6 Å². The molecule has 144 valence electrons. The first-order chi connectivity index (χ1) is 13.0. The van der Waals surface area contributed by atoms with Crippen molar-refractivity contribution in [3.63, 3.8) is 0 Å². The van der Waals surface area contributed by atoms with E-state index in [9.17, 15) is 13.2 Å². The molecule has 0 saturated carbocycles. The van der Waals surface area contributed by atoms with Crippen LogP contribution in [0, 0.1) is 0 Å². The summed E-state index contributed by atoms with van der Waals surface area (Å²) in [6.45, 7) is 0.766. The van der Waals surface area contributed by atoms with E-state index in [4.69, 9.17) is 4.74 Å². The van der Waals surface area contributed by atoms with Crippen LogP contribution in [0.25, 0.3) is 6.08 Å². The van der Waals surface area contributed by atoms with Crippen LogP contribution >= 0.6 is 11.3 Å². The van der Waals surface area contributed by atoms with Gasteiger partial charge in [0.1, 0.15) is 5.75 Å². The van der Waals surface area contributed by atoms with Gasteiger partial charge in [-0.3, -0.25) is 4.79 Å². The van der Waals surface area contributed by atoms with E-state index < -0.39 is 10.0 Å². The van der Waals surface area contributed by atoms with Crippen molar-refractivity contribution >= 4 is 33.3 Å². The largest absolute Gasteiger partial charge is 0.497 e. The SMILES string of the molecule is COc1ccc(S(=O)(=O)N2CCC(NC(=O)/C=C/c3cccs3)CC2)cc1. The minimum Gasteiger partial charge on any atom is -0.497 e. The van der Waals surface area contributed by atoms with Crippen LogP contribution in [0.2, 0.25) is 0 Å². The highest BCUT2D eigenvalue weighted by Gasteiger charge is 2.29. The molecular formula is C19H22N2O4S2. The lowest BCUT2D eigenvalue weighted by atomic mass is 10.1. The number of nitrogens with zero attached hydrogens (tertiary/aromatic N) is 1. The lowest BCUT2D eigenvalue weighted by molar-refractivity contribution is -0.117. The molecular weight excluding hydrogens is 384 g/mol. The normalized spacial score (nSPS) is 16.5. The third-order valence-electron chi connectivity index (χ3n) is 4.44. The number of thiophene rings is 1. The molecule has 1 aliphatic rings. The van der Waals surface area contributed by atoms with Crippen molar-refractivity contribution in [3.05, 3.63) is 52.7 Å². The van der Waals surface area contributed by atoms with E-state index in [0.717, 1.165) is 4.88 Å². The van der Waals surface area contributed by atoms with Gasteiger partial charge in [-0.2, -0.15) is 4.31 Å². The van der Waals surface area contributed by atoms with E-state index in [1.807, 2.05) is 17.5 Å². The van der Waals surface area contributed by atoms with Crippen LogP contribution in [0.1, 0.15) is 17.7 Å². The van der Waals surface area contributed by atoms with E-state index in [1.54, 1.807) is 41.7 Å². The fourth-order valence-electron chi connectivity index (χ4n) is 2.93. The Labute approximate surface area is 163 Å². The monoisotopic (exact) mass is 406 g/mol. The summed E-state index contributed by atoms with van der Waals surface area (Å²) in [6.07, 6.45) is 4.48. The Morgan fingerprint density at radius 2 is 1.93 bits per heavy atom. The number of sulfonamides is 1. The highest BCUT2D eigenvalue weighted by molar-refractivity contribution is 7.89. The maximum Gasteiger partial charge on any atom is 0.244 e. The molecule has 0 bridgehead atoms. The van der Waals surface area contributed by atoms with E-state index >= 15 is 0 Å². The second-order valence-electron chi connectivity index (χ2n) is 6.21. The lowest BCUT2D eigenvalue weighted by Gasteiger charge is -2.31. The van der Waals surface area contributed by atoms with Crippen LogP contribution in [0.15, 0.2) is 52.7 Å². The van der Waals surface area contributed by atoms with Gasteiger partial charge >= 0.3 is 0 Å². The fraction of sp³-hybridized carbons (Fsp3) is 0.316. The van der Waals surface area contributed by atoms with Gasteiger partial charge < -0.3 is 10.1 Å². The Bertz CT molecular complexity index is 882. The average Bonchev–Trinajstić information content (AvgIpc) is 3.20. The molecule has 1 fully saturated rings. The number of nitrogens with one attached hydrogen (secondary N) is 1. The zero-order chi connectivity index (χ0) is 19.3. The predicted molar refractivity (Wildman–Crippen MR) is 106 cm³/mol. The number of hydrogen-bond acceptors (Lipinski definition) is 5. The first kappa shape index (κ1) is 19.6. The van der Waals surface area contributed by atoms with E-state index in [-0.39, 0.29) is 16.8 Å². The van der Waals surface area contributed by atoms with Crippen molar-refractivity contribution in [1.82, 2.24) is 9.62 Å². The van der Waals surface area contributed by atoms with Crippen LogP contribution in [0.3, 0.4) is 0 Å². The standard InChI is InChI=1S/C19H22N2O4S2/c1-25-16-4-7-18(8-5-16)27(23,24)21-12-10-15(11-13-21)20-19(22)9-6-17-3-2-14-26-17/h2-9,14-15H,10-13H2,1H3,(H,20,22)/b9-6+. The summed E-state index contributed by atoms with van der Waals surface area (Å²) in [5, 5.41) is 4.90. The number of piperidine rings is 1. The van der Waals surface area contributed by atoms with Gasteiger partial charge in [0.2, 0.25) is 15.9 Å². The molecule has 0 radical (unpaired) electrons. The zero-order valence-electron chi connectivity index (χ0n) is 15.0. The maximum absolute atomic E-state index is 12.7. The molecule has 1 aromatic carbocycles. The summed E-state index contributed by atoms with van der Waals surface area (Å²) < 4.78 is 32.0. The summed E-state index contributed by atoms with van der Waals surface area (Å²) in [7, 11) is -1.99. The van der Waals surface area contributed by atoms with E-state index in [2.05, 4.69) is 5.32 Å². The molecule has 27 heavy (non-hydrogen) atoms. The summed E-state index contributed by atoms with van der Waals surface area (Å²) in [6, 6.07) is 10.2. The highest BCUT2D eigenvalue weighted by atomic mass is 32.2. The van der Waals surface area contributed by atoms with Crippen LogP contribution in [-0.4, -0.2) is 44.9 Å². The van der Waals surface area contributed by atoms with Crippen LogP contribution < -0.4 is 10.1 Å². The topological polar surface area (TPSA) is 75.7 Å². The molecule has 2 aromatic rings. The van der Waals surface area contributed by atoms with Crippen molar-refractivity contribution in [2.75, 3.05) is 20.2 Å². The fourth-order valence-corrected chi connectivity index (χ4v) is 5.02. The molecule has 0 spiro atoms. The summed E-state index contributed by atoms with van der Waals surface area (Å²) >= 11 is 1.57. The molecule has 3 rings (SSSR count). The lowest BCUT2D eigenvalue weighted by Crippen LogP contribution is -2.46. The van der Waals surface area contributed by atoms with E-state index in [1.165, 1.54) is 17.5 Å². The maximum atomic E-state index is 12.7. The molecule has 6 nitrogen and oxygen atoms in total. The number of benzene rings is 1. The number of hydrogen-bond donors (Lipinski definition) is 1. The number of methoxy groups -OCH3 is 1. The molecule has 0 atom stereocenters. The smallest absolute Gasteiger partial charge is 0.244 e. The third kappa shape index (κ3) is 4.97. The molecule has 1 aromatic heterocycles. The Morgan fingerprint density at radius 3 is 2.52 bits per heavy atom.